The zero-order valence-electron chi connectivity index (χ0n) is 7.81. The summed E-state index contributed by atoms with van der Waals surface area (Å²) in [4.78, 5) is 14.9. The average Bonchev–Trinajstić information content (AvgIpc) is 2.85. The minimum Gasteiger partial charge on any atom is -0.360 e. The predicted molar refractivity (Wildman–Crippen MR) is 61.8 cm³/mol. The molecule has 4 heteroatoms. The van der Waals surface area contributed by atoms with E-state index in [2.05, 4.69) is 4.98 Å². The molecule has 74 valence electrons. The number of rotatable bonds is 1. The molecule has 0 aromatic carbocycles. The zero-order chi connectivity index (χ0) is 10.3. The second-order valence-electron chi connectivity index (χ2n) is 3.27. The third-order valence-corrected chi connectivity index (χ3v) is 3.05. The van der Waals surface area contributed by atoms with E-state index in [0.717, 1.165) is 16.7 Å². The smallest absolute Gasteiger partial charge is 0.255 e. The Bertz CT molecular complexity index is 649. The molecule has 0 unspecified atom stereocenters. The van der Waals surface area contributed by atoms with Crippen LogP contribution in [0, 0.1) is 0 Å². The van der Waals surface area contributed by atoms with Gasteiger partial charge >= 0.3 is 0 Å². The van der Waals surface area contributed by atoms with Crippen LogP contribution in [0.4, 0.5) is 0 Å². The monoisotopic (exact) mass is 216 g/mol. The molecule has 3 aromatic heterocycles. The van der Waals surface area contributed by atoms with Crippen LogP contribution in [-0.2, 0) is 0 Å². The molecule has 1 N–H and O–H groups in total. The van der Waals surface area contributed by atoms with Gasteiger partial charge in [-0.15, -0.1) is 0 Å². The lowest BCUT2D eigenvalue weighted by atomic mass is 10.3. The normalized spacial score (nSPS) is 10.9. The number of hydrogen-bond donors (Lipinski definition) is 1. The summed E-state index contributed by atoms with van der Waals surface area (Å²) in [5.41, 5.74) is 2.82. The Morgan fingerprint density at radius 3 is 2.93 bits per heavy atom. The summed E-state index contributed by atoms with van der Waals surface area (Å²) in [6.45, 7) is 0. The van der Waals surface area contributed by atoms with Crippen LogP contribution in [0.3, 0.4) is 0 Å². The summed E-state index contributed by atoms with van der Waals surface area (Å²) in [7, 11) is 0. The summed E-state index contributed by atoms with van der Waals surface area (Å²) >= 11 is 1.58. The number of fused-ring (bicyclic) bond motifs is 1. The maximum absolute atomic E-state index is 11.8. The van der Waals surface area contributed by atoms with Gasteiger partial charge in [-0.1, -0.05) is 0 Å². The summed E-state index contributed by atoms with van der Waals surface area (Å²) in [6.07, 6.45) is 1.84. The molecule has 0 radical (unpaired) electrons. The van der Waals surface area contributed by atoms with Gasteiger partial charge < -0.3 is 4.98 Å². The fraction of sp³-hybridized carbons (Fsp3) is 0. The third kappa shape index (κ3) is 1.22. The highest BCUT2D eigenvalue weighted by Crippen LogP contribution is 2.16. The number of thiophene rings is 1. The number of aromatic nitrogens is 2. The van der Waals surface area contributed by atoms with Crippen molar-refractivity contribution in [1.29, 1.82) is 0 Å². The van der Waals surface area contributed by atoms with Crippen LogP contribution in [0.15, 0.2) is 46.0 Å². The van der Waals surface area contributed by atoms with E-state index in [1.54, 1.807) is 28.0 Å². The Morgan fingerprint density at radius 1 is 1.20 bits per heavy atom. The zero-order valence-corrected chi connectivity index (χ0v) is 8.62. The second-order valence-corrected chi connectivity index (χ2v) is 4.05. The van der Waals surface area contributed by atoms with Crippen LogP contribution < -0.4 is 5.56 Å². The van der Waals surface area contributed by atoms with Crippen molar-refractivity contribution >= 4 is 22.4 Å². The van der Waals surface area contributed by atoms with Gasteiger partial charge in [0.2, 0.25) is 0 Å². The van der Waals surface area contributed by atoms with Crippen molar-refractivity contribution < 1.29 is 0 Å². The minimum atomic E-state index is 0.000463. The van der Waals surface area contributed by atoms with E-state index in [1.807, 2.05) is 29.1 Å². The van der Waals surface area contributed by atoms with Gasteiger partial charge in [-0.05, 0) is 23.6 Å². The molecule has 3 aromatic rings. The third-order valence-electron chi connectivity index (χ3n) is 2.37. The first-order chi connectivity index (χ1) is 7.36. The molecule has 0 bridgehead atoms. The van der Waals surface area contributed by atoms with Crippen LogP contribution in [0.25, 0.3) is 16.7 Å². The van der Waals surface area contributed by atoms with Crippen molar-refractivity contribution in [2.75, 3.05) is 0 Å². The molecule has 0 aliphatic carbocycles. The number of pyridine rings is 1. The van der Waals surface area contributed by atoms with Gasteiger partial charge in [-0.2, -0.15) is 11.3 Å². The van der Waals surface area contributed by atoms with Gasteiger partial charge in [-0.25, -0.2) is 0 Å². The SMILES string of the molecule is O=c1ccc2[nH]ccc2n1-c1ccsc1. The van der Waals surface area contributed by atoms with E-state index in [9.17, 15) is 4.79 Å². The van der Waals surface area contributed by atoms with Crippen molar-refractivity contribution in [2.24, 2.45) is 0 Å². The Hall–Kier alpha value is -1.81. The highest BCUT2D eigenvalue weighted by molar-refractivity contribution is 7.08. The Morgan fingerprint density at radius 2 is 2.13 bits per heavy atom. The lowest BCUT2D eigenvalue weighted by Gasteiger charge is -2.03. The van der Waals surface area contributed by atoms with Gasteiger partial charge in [-0.3, -0.25) is 9.36 Å². The molecular weight excluding hydrogens is 208 g/mol. The van der Waals surface area contributed by atoms with E-state index >= 15 is 0 Å². The van der Waals surface area contributed by atoms with Gasteiger partial charge in [0.05, 0.1) is 16.7 Å². The fourth-order valence-corrected chi connectivity index (χ4v) is 2.32. The van der Waals surface area contributed by atoms with Crippen LogP contribution in [-0.4, -0.2) is 9.55 Å². The Kier molecular flexibility index (Phi) is 1.76. The molecule has 0 saturated heterocycles. The molecule has 3 nitrogen and oxygen atoms in total. The second kappa shape index (κ2) is 3.10. The van der Waals surface area contributed by atoms with E-state index in [0.29, 0.717) is 0 Å². The number of H-pyrrole nitrogens is 1. The number of hydrogen-bond acceptors (Lipinski definition) is 2. The molecule has 0 fully saturated rings. The molecule has 0 amide bonds. The van der Waals surface area contributed by atoms with Crippen LogP contribution in [0.5, 0.6) is 0 Å². The number of aromatic amines is 1. The van der Waals surface area contributed by atoms with Crippen molar-refractivity contribution in [3.05, 3.63) is 51.6 Å². The van der Waals surface area contributed by atoms with Crippen molar-refractivity contribution in [3.63, 3.8) is 0 Å². The summed E-state index contributed by atoms with van der Waals surface area (Å²) in [5, 5.41) is 3.93. The number of nitrogens with one attached hydrogen (secondary N) is 1. The molecule has 15 heavy (non-hydrogen) atoms. The van der Waals surface area contributed by atoms with E-state index in [4.69, 9.17) is 0 Å². The topological polar surface area (TPSA) is 37.8 Å². The average molecular weight is 216 g/mol. The Balaban J connectivity index is 2.47. The number of nitrogens with zero attached hydrogens (tertiary/aromatic N) is 1. The molecule has 0 aliphatic heterocycles. The van der Waals surface area contributed by atoms with Gasteiger partial charge in [0.1, 0.15) is 0 Å². The maximum Gasteiger partial charge on any atom is 0.255 e. The molecule has 0 atom stereocenters. The molecule has 3 heterocycles. The summed E-state index contributed by atoms with van der Waals surface area (Å²) in [6, 6.07) is 7.24. The quantitative estimate of drug-likeness (QED) is 0.666. The molecule has 0 spiro atoms. The highest BCUT2D eigenvalue weighted by Gasteiger charge is 2.05. The van der Waals surface area contributed by atoms with E-state index < -0.39 is 0 Å². The van der Waals surface area contributed by atoms with Crippen LogP contribution >= 0.6 is 11.3 Å². The van der Waals surface area contributed by atoms with Crippen molar-refractivity contribution in [3.8, 4) is 5.69 Å². The first-order valence-electron chi connectivity index (χ1n) is 4.58. The van der Waals surface area contributed by atoms with Gasteiger partial charge in [0.25, 0.3) is 5.56 Å². The molecule has 0 saturated carbocycles. The molecule has 3 rings (SSSR count). The maximum atomic E-state index is 11.8. The molecule has 0 aliphatic rings. The first kappa shape index (κ1) is 8.49. The van der Waals surface area contributed by atoms with Crippen LogP contribution in [0.2, 0.25) is 0 Å². The van der Waals surface area contributed by atoms with Crippen molar-refractivity contribution in [1.82, 2.24) is 9.55 Å². The molecular formula is C11H8N2OS. The van der Waals surface area contributed by atoms with E-state index in [-0.39, 0.29) is 5.56 Å². The Labute approximate surface area is 89.6 Å². The fourth-order valence-electron chi connectivity index (χ4n) is 1.70. The minimum absolute atomic E-state index is 0.000463. The van der Waals surface area contributed by atoms with E-state index in [1.165, 1.54) is 0 Å². The largest absolute Gasteiger partial charge is 0.360 e. The van der Waals surface area contributed by atoms with Gasteiger partial charge in [0.15, 0.2) is 0 Å². The van der Waals surface area contributed by atoms with Crippen LogP contribution in [0.1, 0.15) is 0 Å². The van der Waals surface area contributed by atoms with Gasteiger partial charge in [0, 0.05) is 17.6 Å². The van der Waals surface area contributed by atoms with Crippen molar-refractivity contribution in [2.45, 2.75) is 0 Å². The lowest BCUT2D eigenvalue weighted by molar-refractivity contribution is 1.05. The summed E-state index contributed by atoms with van der Waals surface area (Å²) in [5.74, 6) is 0. The highest BCUT2D eigenvalue weighted by atomic mass is 32.1. The predicted octanol–water partition coefficient (Wildman–Crippen LogP) is 2.38. The summed E-state index contributed by atoms with van der Waals surface area (Å²) < 4.78 is 1.71. The lowest BCUT2D eigenvalue weighted by Crippen LogP contribution is -2.15. The first-order valence-corrected chi connectivity index (χ1v) is 5.52. The standard InChI is InChI=1S/C11H8N2OS/c14-11-2-1-9-10(3-5-12-9)13(11)8-4-6-15-7-8/h1-7,12H.